The molecule has 2 aliphatic rings. The number of carbonyl (C=O) groups is 1. The molecule has 21 heavy (non-hydrogen) atoms. The van der Waals surface area contributed by atoms with Crippen molar-refractivity contribution in [2.75, 3.05) is 25.0 Å². The SMILES string of the molecule is CN(CC(=O)N1CCc2ccccc21)C1CCCCCC1. The van der Waals surface area contributed by atoms with Gasteiger partial charge in [-0.2, -0.15) is 0 Å². The molecule has 0 N–H and O–H groups in total. The Kier molecular flexibility index (Phi) is 4.59. The fourth-order valence-corrected chi connectivity index (χ4v) is 3.72. The molecule has 1 fully saturated rings. The van der Waals surface area contributed by atoms with E-state index in [1.807, 2.05) is 11.0 Å². The van der Waals surface area contributed by atoms with Gasteiger partial charge in [-0.25, -0.2) is 0 Å². The number of nitrogens with zero attached hydrogens (tertiary/aromatic N) is 2. The number of anilines is 1. The highest BCUT2D eigenvalue weighted by atomic mass is 16.2. The predicted molar refractivity (Wildman–Crippen MR) is 86.6 cm³/mol. The number of rotatable bonds is 3. The summed E-state index contributed by atoms with van der Waals surface area (Å²) in [6.45, 7) is 1.40. The fourth-order valence-electron chi connectivity index (χ4n) is 3.72. The lowest BCUT2D eigenvalue weighted by molar-refractivity contribution is -0.119. The Balaban J connectivity index is 1.61. The van der Waals surface area contributed by atoms with E-state index in [2.05, 4.69) is 30.1 Å². The van der Waals surface area contributed by atoms with Gasteiger partial charge in [-0.15, -0.1) is 0 Å². The Morgan fingerprint density at radius 3 is 2.67 bits per heavy atom. The van der Waals surface area contributed by atoms with Crippen LogP contribution in [0.1, 0.15) is 44.1 Å². The summed E-state index contributed by atoms with van der Waals surface area (Å²) in [4.78, 5) is 16.9. The van der Waals surface area contributed by atoms with Crippen LogP contribution in [-0.2, 0) is 11.2 Å². The van der Waals surface area contributed by atoms with Crippen molar-refractivity contribution in [3.8, 4) is 0 Å². The van der Waals surface area contributed by atoms with E-state index in [9.17, 15) is 4.79 Å². The highest BCUT2D eigenvalue weighted by molar-refractivity contribution is 5.96. The molecule has 1 aliphatic carbocycles. The Morgan fingerprint density at radius 2 is 1.90 bits per heavy atom. The third kappa shape index (κ3) is 3.29. The van der Waals surface area contributed by atoms with Gasteiger partial charge in [0.05, 0.1) is 6.54 Å². The zero-order chi connectivity index (χ0) is 14.7. The molecule has 1 saturated carbocycles. The molecule has 0 aromatic heterocycles. The minimum atomic E-state index is 0.256. The van der Waals surface area contributed by atoms with Gasteiger partial charge in [0.15, 0.2) is 0 Å². The van der Waals surface area contributed by atoms with Crippen molar-refractivity contribution in [3.63, 3.8) is 0 Å². The van der Waals surface area contributed by atoms with Gasteiger partial charge in [0, 0.05) is 18.3 Å². The second kappa shape index (κ2) is 6.61. The zero-order valence-electron chi connectivity index (χ0n) is 13.1. The molecule has 1 amide bonds. The minimum absolute atomic E-state index is 0.256. The maximum atomic E-state index is 12.6. The van der Waals surface area contributed by atoms with Crippen LogP contribution in [0.4, 0.5) is 5.69 Å². The van der Waals surface area contributed by atoms with Crippen LogP contribution in [0.3, 0.4) is 0 Å². The molecule has 114 valence electrons. The minimum Gasteiger partial charge on any atom is -0.311 e. The summed E-state index contributed by atoms with van der Waals surface area (Å²) in [5, 5.41) is 0. The lowest BCUT2D eigenvalue weighted by Crippen LogP contribution is -2.42. The van der Waals surface area contributed by atoms with Crippen LogP contribution in [0.15, 0.2) is 24.3 Å². The fraction of sp³-hybridized carbons (Fsp3) is 0.611. The second-order valence-electron chi connectivity index (χ2n) is 6.48. The average Bonchev–Trinajstić information content (AvgIpc) is 2.73. The van der Waals surface area contributed by atoms with Crippen LogP contribution >= 0.6 is 0 Å². The number of para-hydroxylation sites is 1. The highest BCUT2D eigenvalue weighted by Gasteiger charge is 2.26. The molecule has 3 rings (SSSR count). The standard InChI is InChI=1S/C18H26N2O/c1-19(16-9-4-2-3-5-10-16)14-18(21)20-13-12-15-8-6-7-11-17(15)20/h6-8,11,16H,2-5,9-10,12-14H2,1H3. The first-order chi connectivity index (χ1) is 10.3. The quantitative estimate of drug-likeness (QED) is 0.797. The molecule has 0 saturated heterocycles. The van der Waals surface area contributed by atoms with Gasteiger partial charge in [0.25, 0.3) is 0 Å². The van der Waals surface area contributed by atoms with E-state index in [0.717, 1.165) is 18.7 Å². The summed E-state index contributed by atoms with van der Waals surface area (Å²) in [7, 11) is 2.12. The van der Waals surface area contributed by atoms with Crippen molar-refractivity contribution in [1.82, 2.24) is 4.90 Å². The van der Waals surface area contributed by atoms with E-state index in [1.165, 1.54) is 44.1 Å². The third-order valence-electron chi connectivity index (χ3n) is 5.02. The van der Waals surface area contributed by atoms with E-state index >= 15 is 0 Å². The molecular weight excluding hydrogens is 260 g/mol. The van der Waals surface area contributed by atoms with Gasteiger partial charge in [-0.1, -0.05) is 43.9 Å². The summed E-state index contributed by atoms with van der Waals surface area (Å²) >= 11 is 0. The molecule has 1 aromatic rings. The second-order valence-corrected chi connectivity index (χ2v) is 6.48. The number of amides is 1. The Bertz CT molecular complexity index is 492. The monoisotopic (exact) mass is 286 g/mol. The Labute approximate surface area is 127 Å². The normalized spacial score (nSPS) is 19.6. The molecule has 0 spiro atoms. The van der Waals surface area contributed by atoms with Crippen LogP contribution in [0, 0.1) is 0 Å². The van der Waals surface area contributed by atoms with E-state index in [4.69, 9.17) is 0 Å². The van der Waals surface area contributed by atoms with Gasteiger partial charge in [-0.05, 0) is 37.9 Å². The molecule has 0 radical (unpaired) electrons. The van der Waals surface area contributed by atoms with Crippen molar-refractivity contribution < 1.29 is 4.79 Å². The maximum Gasteiger partial charge on any atom is 0.241 e. The lowest BCUT2D eigenvalue weighted by Gasteiger charge is -2.28. The van der Waals surface area contributed by atoms with Crippen LogP contribution in [0.2, 0.25) is 0 Å². The smallest absolute Gasteiger partial charge is 0.241 e. The first-order valence-electron chi connectivity index (χ1n) is 8.34. The van der Waals surface area contributed by atoms with Gasteiger partial charge in [-0.3, -0.25) is 9.69 Å². The molecule has 1 aromatic carbocycles. The molecule has 3 heteroatoms. The Morgan fingerprint density at radius 1 is 1.19 bits per heavy atom. The van der Waals surface area contributed by atoms with E-state index in [0.29, 0.717) is 12.6 Å². The molecule has 0 atom stereocenters. The van der Waals surface area contributed by atoms with Crippen LogP contribution < -0.4 is 4.90 Å². The summed E-state index contributed by atoms with van der Waals surface area (Å²) < 4.78 is 0. The highest BCUT2D eigenvalue weighted by Crippen LogP contribution is 2.28. The number of fused-ring (bicyclic) bond motifs is 1. The molecule has 1 aliphatic heterocycles. The number of benzene rings is 1. The first kappa shape index (κ1) is 14.6. The van der Waals surface area contributed by atoms with Gasteiger partial charge in [0.2, 0.25) is 5.91 Å². The van der Waals surface area contributed by atoms with Crippen molar-refractivity contribution in [1.29, 1.82) is 0 Å². The van der Waals surface area contributed by atoms with Crippen molar-refractivity contribution in [2.45, 2.75) is 51.0 Å². The summed E-state index contributed by atoms with van der Waals surface area (Å²) in [5.41, 5.74) is 2.43. The molecular formula is C18H26N2O. The van der Waals surface area contributed by atoms with Gasteiger partial charge < -0.3 is 4.90 Å². The first-order valence-corrected chi connectivity index (χ1v) is 8.34. The maximum absolute atomic E-state index is 12.6. The average molecular weight is 286 g/mol. The van der Waals surface area contributed by atoms with E-state index in [1.54, 1.807) is 0 Å². The largest absolute Gasteiger partial charge is 0.311 e. The number of hydrogen-bond acceptors (Lipinski definition) is 2. The number of hydrogen-bond donors (Lipinski definition) is 0. The number of likely N-dealkylation sites (N-methyl/N-ethyl adjacent to an activating group) is 1. The zero-order valence-corrected chi connectivity index (χ0v) is 13.1. The molecule has 3 nitrogen and oxygen atoms in total. The molecule has 1 heterocycles. The molecule has 0 unspecified atom stereocenters. The number of carbonyl (C=O) groups excluding carboxylic acids is 1. The van der Waals surface area contributed by atoms with Crippen LogP contribution in [0.25, 0.3) is 0 Å². The summed E-state index contributed by atoms with van der Waals surface area (Å²) in [5.74, 6) is 0.256. The topological polar surface area (TPSA) is 23.6 Å². The van der Waals surface area contributed by atoms with Crippen molar-refractivity contribution in [2.24, 2.45) is 0 Å². The van der Waals surface area contributed by atoms with Crippen molar-refractivity contribution in [3.05, 3.63) is 29.8 Å². The van der Waals surface area contributed by atoms with Crippen molar-refractivity contribution >= 4 is 11.6 Å². The summed E-state index contributed by atoms with van der Waals surface area (Å²) in [6, 6.07) is 8.89. The Hall–Kier alpha value is -1.35. The molecule has 0 bridgehead atoms. The van der Waals surface area contributed by atoms with Gasteiger partial charge >= 0.3 is 0 Å². The lowest BCUT2D eigenvalue weighted by atomic mass is 10.1. The predicted octanol–water partition coefficient (Wildman–Crippen LogP) is 3.23. The van der Waals surface area contributed by atoms with Crippen LogP contribution in [0.5, 0.6) is 0 Å². The van der Waals surface area contributed by atoms with E-state index < -0.39 is 0 Å². The van der Waals surface area contributed by atoms with Crippen LogP contribution in [-0.4, -0.2) is 37.0 Å². The summed E-state index contributed by atoms with van der Waals surface area (Å²) in [6.07, 6.45) is 8.84. The third-order valence-corrected chi connectivity index (χ3v) is 5.02. The van der Waals surface area contributed by atoms with E-state index in [-0.39, 0.29) is 5.91 Å². The van der Waals surface area contributed by atoms with Gasteiger partial charge in [0.1, 0.15) is 0 Å².